The molecule has 0 atom stereocenters. The molecule has 1 N–H and O–H groups in total. The van der Waals surface area contributed by atoms with Crippen molar-refractivity contribution in [3.63, 3.8) is 0 Å². The first kappa shape index (κ1) is 20.6. The second kappa shape index (κ2) is 7.86. The van der Waals surface area contributed by atoms with E-state index in [1.165, 1.54) is 7.11 Å². The number of carbonyl (C=O) groups is 1. The SMILES string of the molecule is COc1cc(C)[nH]c(=O)c1CCC(=O)c1c(C)c(-c2c(C)cnn2C)n2cnccc12. The van der Waals surface area contributed by atoms with Crippen LogP contribution in [0.1, 0.15) is 39.2 Å². The molecule has 0 radical (unpaired) electrons. The summed E-state index contributed by atoms with van der Waals surface area (Å²) in [6.07, 6.45) is 5.68. The molecule has 0 spiro atoms. The van der Waals surface area contributed by atoms with Crippen LogP contribution >= 0.6 is 0 Å². The van der Waals surface area contributed by atoms with Crippen molar-refractivity contribution in [2.45, 2.75) is 33.6 Å². The van der Waals surface area contributed by atoms with Gasteiger partial charge < -0.3 is 9.72 Å². The lowest BCUT2D eigenvalue weighted by Crippen LogP contribution is -2.16. The normalized spacial score (nSPS) is 11.3. The highest BCUT2D eigenvalue weighted by molar-refractivity contribution is 6.06. The van der Waals surface area contributed by atoms with Gasteiger partial charge in [-0.2, -0.15) is 5.10 Å². The average Bonchev–Trinajstić information content (AvgIpc) is 3.21. The zero-order valence-corrected chi connectivity index (χ0v) is 18.3. The fraction of sp³-hybridized carbons (Fsp3) is 0.304. The van der Waals surface area contributed by atoms with Crippen LogP contribution in [-0.2, 0) is 13.5 Å². The second-order valence-corrected chi connectivity index (χ2v) is 7.74. The zero-order valence-electron chi connectivity index (χ0n) is 18.3. The molecule has 0 aromatic carbocycles. The number of pyridine rings is 1. The van der Waals surface area contributed by atoms with E-state index in [-0.39, 0.29) is 17.8 Å². The van der Waals surface area contributed by atoms with Crippen LogP contribution in [0.4, 0.5) is 0 Å². The Labute approximate surface area is 179 Å². The average molecular weight is 419 g/mol. The fourth-order valence-corrected chi connectivity index (χ4v) is 4.23. The van der Waals surface area contributed by atoms with Gasteiger partial charge in [-0.1, -0.05) is 0 Å². The maximum Gasteiger partial charge on any atom is 0.255 e. The van der Waals surface area contributed by atoms with Crippen LogP contribution < -0.4 is 10.3 Å². The molecule has 4 aromatic rings. The van der Waals surface area contributed by atoms with Gasteiger partial charge in [-0.15, -0.1) is 0 Å². The number of hydrogen-bond donors (Lipinski definition) is 1. The Hall–Kier alpha value is -3.68. The Morgan fingerprint density at radius 2 is 2.00 bits per heavy atom. The molecule has 0 unspecified atom stereocenters. The third-order valence-electron chi connectivity index (χ3n) is 5.66. The van der Waals surface area contributed by atoms with Gasteiger partial charge in [0.2, 0.25) is 0 Å². The van der Waals surface area contributed by atoms with Crippen molar-refractivity contribution < 1.29 is 9.53 Å². The van der Waals surface area contributed by atoms with Crippen LogP contribution in [-0.4, -0.2) is 37.0 Å². The van der Waals surface area contributed by atoms with Gasteiger partial charge in [0.05, 0.1) is 42.1 Å². The molecular weight excluding hydrogens is 394 g/mol. The maximum absolute atomic E-state index is 13.4. The molecule has 0 bridgehead atoms. The third-order valence-corrected chi connectivity index (χ3v) is 5.66. The zero-order chi connectivity index (χ0) is 22.3. The number of H-pyrrole nitrogens is 1. The molecule has 8 heteroatoms. The Morgan fingerprint density at radius 3 is 2.68 bits per heavy atom. The number of aromatic nitrogens is 5. The van der Waals surface area contributed by atoms with E-state index in [1.54, 1.807) is 25.5 Å². The lowest BCUT2D eigenvalue weighted by Gasteiger charge is -2.08. The summed E-state index contributed by atoms with van der Waals surface area (Å²) < 4.78 is 9.11. The van der Waals surface area contributed by atoms with Gasteiger partial charge in [0, 0.05) is 30.9 Å². The summed E-state index contributed by atoms with van der Waals surface area (Å²) in [6.45, 7) is 5.74. The molecule has 0 amide bonds. The van der Waals surface area contributed by atoms with Crippen LogP contribution in [0.5, 0.6) is 5.75 Å². The van der Waals surface area contributed by atoms with Gasteiger partial charge in [-0.05, 0) is 50.5 Å². The number of fused-ring (bicyclic) bond motifs is 1. The lowest BCUT2D eigenvalue weighted by atomic mass is 9.99. The molecule has 0 aliphatic carbocycles. The second-order valence-electron chi connectivity index (χ2n) is 7.74. The minimum atomic E-state index is -0.224. The highest BCUT2D eigenvalue weighted by Crippen LogP contribution is 2.33. The minimum Gasteiger partial charge on any atom is -0.496 e. The van der Waals surface area contributed by atoms with E-state index in [1.807, 2.05) is 42.2 Å². The van der Waals surface area contributed by atoms with E-state index in [0.29, 0.717) is 23.3 Å². The first-order valence-electron chi connectivity index (χ1n) is 10.1. The predicted molar refractivity (Wildman–Crippen MR) is 118 cm³/mol. The highest BCUT2D eigenvalue weighted by Gasteiger charge is 2.24. The number of rotatable bonds is 6. The Morgan fingerprint density at radius 1 is 1.23 bits per heavy atom. The number of hydrogen-bond acceptors (Lipinski definition) is 5. The minimum absolute atomic E-state index is 0.0331. The molecule has 0 saturated carbocycles. The molecule has 0 aliphatic rings. The van der Waals surface area contributed by atoms with Crippen LogP contribution in [0.25, 0.3) is 16.9 Å². The number of aromatic amines is 1. The number of ketones is 1. The van der Waals surface area contributed by atoms with Crippen molar-refractivity contribution in [2.75, 3.05) is 7.11 Å². The number of methoxy groups -OCH3 is 1. The maximum atomic E-state index is 13.4. The number of nitrogens with one attached hydrogen (secondary N) is 1. The first-order chi connectivity index (χ1) is 14.8. The van der Waals surface area contributed by atoms with Gasteiger partial charge in [-0.25, -0.2) is 4.98 Å². The molecule has 4 aromatic heterocycles. The summed E-state index contributed by atoms with van der Waals surface area (Å²) in [4.78, 5) is 32.8. The number of Topliss-reactive ketones (excluding diaryl/α,β-unsaturated/α-hetero) is 1. The fourth-order valence-electron chi connectivity index (χ4n) is 4.23. The van der Waals surface area contributed by atoms with E-state index in [0.717, 1.165) is 33.7 Å². The van der Waals surface area contributed by atoms with Gasteiger partial charge in [0.15, 0.2) is 5.78 Å². The first-order valence-corrected chi connectivity index (χ1v) is 10.1. The number of nitrogens with zero attached hydrogens (tertiary/aromatic N) is 4. The highest BCUT2D eigenvalue weighted by atomic mass is 16.5. The number of carbonyl (C=O) groups excluding carboxylic acids is 1. The Balaban J connectivity index is 1.77. The number of ether oxygens (including phenoxy) is 1. The van der Waals surface area contributed by atoms with E-state index >= 15 is 0 Å². The summed E-state index contributed by atoms with van der Waals surface area (Å²) in [7, 11) is 3.41. The van der Waals surface area contributed by atoms with E-state index in [2.05, 4.69) is 15.1 Å². The smallest absolute Gasteiger partial charge is 0.255 e. The molecule has 4 rings (SSSR count). The standard InChI is InChI=1S/C23H25N5O3/c1-13-11-25-27(4)21(13)22-15(3)20(17-8-9-24-12-28(17)22)18(29)7-6-16-19(31-5)10-14(2)26-23(16)30/h8-12H,6-7H2,1-5H3,(H,26,30). The Kier molecular flexibility index (Phi) is 5.22. The van der Waals surface area contributed by atoms with Crippen LogP contribution in [0.15, 0.2) is 35.6 Å². The van der Waals surface area contributed by atoms with Crippen molar-refractivity contribution in [2.24, 2.45) is 7.05 Å². The molecule has 0 aliphatic heterocycles. The molecule has 160 valence electrons. The van der Waals surface area contributed by atoms with Crippen molar-refractivity contribution >= 4 is 11.3 Å². The van der Waals surface area contributed by atoms with Gasteiger partial charge >= 0.3 is 0 Å². The monoisotopic (exact) mass is 419 g/mol. The van der Waals surface area contributed by atoms with Crippen LogP contribution in [0, 0.1) is 20.8 Å². The largest absolute Gasteiger partial charge is 0.496 e. The van der Waals surface area contributed by atoms with Crippen molar-refractivity contribution in [3.05, 3.63) is 69.2 Å². The molecule has 0 saturated heterocycles. The van der Waals surface area contributed by atoms with Gasteiger partial charge in [0.1, 0.15) is 5.75 Å². The van der Waals surface area contributed by atoms with E-state index < -0.39 is 0 Å². The summed E-state index contributed by atoms with van der Waals surface area (Å²) >= 11 is 0. The van der Waals surface area contributed by atoms with E-state index in [9.17, 15) is 9.59 Å². The topological polar surface area (TPSA) is 94.3 Å². The Bertz CT molecular complexity index is 1340. The predicted octanol–water partition coefficient (Wildman–Crippen LogP) is 3.17. The molecule has 4 heterocycles. The lowest BCUT2D eigenvalue weighted by molar-refractivity contribution is 0.0984. The molecule has 31 heavy (non-hydrogen) atoms. The molecule has 8 nitrogen and oxygen atoms in total. The summed E-state index contributed by atoms with van der Waals surface area (Å²) in [5.74, 6) is 0.470. The van der Waals surface area contributed by atoms with Crippen LogP contribution in [0.3, 0.4) is 0 Å². The summed E-state index contributed by atoms with van der Waals surface area (Å²) in [6, 6.07) is 3.61. The van der Waals surface area contributed by atoms with Crippen molar-refractivity contribution in [3.8, 4) is 17.1 Å². The third kappa shape index (κ3) is 3.43. The quantitative estimate of drug-likeness (QED) is 0.485. The molecular formula is C23H25N5O3. The summed E-state index contributed by atoms with van der Waals surface area (Å²) in [5.41, 5.74) is 6.13. The summed E-state index contributed by atoms with van der Waals surface area (Å²) in [5, 5.41) is 4.35. The van der Waals surface area contributed by atoms with Crippen molar-refractivity contribution in [1.29, 1.82) is 0 Å². The van der Waals surface area contributed by atoms with Crippen LogP contribution in [0.2, 0.25) is 0 Å². The number of aryl methyl sites for hydroxylation is 3. The van der Waals surface area contributed by atoms with Gasteiger partial charge in [0.25, 0.3) is 5.56 Å². The molecule has 0 fully saturated rings. The van der Waals surface area contributed by atoms with Crippen molar-refractivity contribution in [1.82, 2.24) is 24.1 Å². The van der Waals surface area contributed by atoms with Gasteiger partial charge in [-0.3, -0.25) is 18.7 Å². The van der Waals surface area contributed by atoms with E-state index in [4.69, 9.17) is 4.74 Å².